The molecule has 1 atom stereocenters. The van der Waals surface area contributed by atoms with E-state index in [1.54, 1.807) is 38.5 Å². The van der Waals surface area contributed by atoms with Gasteiger partial charge in [0.2, 0.25) is 0 Å². The predicted molar refractivity (Wildman–Crippen MR) is 80.6 cm³/mol. The van der Waals surface area contributed by atoms with Crippen LogP contribution in [-0.2, 0) is 0 Å². The topological polar surface area (TPSA) is 38.7 Å². The van der Waals surface area contributed by atoms with Crippen molar-refractivity contribution in [3.63, 3.8) is 0 Å². The van der Waals surface area contributed by atoms with E-state index in [0.29, 0.717) is 22.1 Å². The Labute approximate surface area is 128 Å². The molecule has 1 heterocycles. The summed E-state index contributed by atoms with van der Waals surface area (Å²) in [5, 5.41) is 11.0. The molecule has 3 nitrogen and oxygen atoms in total. The number of hydrogen-bond donors (Lipinski definition) is 1. The molecule has 1 aromatic heterocycles. The number of thiophene rings is 1. The Bertz CT molecular complexity index is 566. The number of halogens is 2. The summed E-state index contributed by atoms with van der Waals surface area (Å²) < 4.78 is 11.2. The van der Waals surface area contributed by atoms with E-state index in [-0.39, 0.29) is 0 Å². The summed E-state index contributed by atoms with van der Waals surface area (Å²) in [5.41, 5.74) is 0.675. The van der Waals surface area contributed by atoms with Crippen molar-refractivity contribution < 1.29 is 14.6 Å². The number of rotatable bonds is 4. The molecule has 1 aromatic carbocycles. The zero-order valence-corrected chi connectivity index (χ0v) is 13.5. The predicted octanol–water partition coefficient (Wildman–Crippen LogP) is 4.26. The standard InChI is InChI=1S/C13H12BrClO3S/c1-17-7-3-4-8(10(5-7)18-2)12(16)11-6-9(15)13(14)19-11/h3-6,12,16H,1-2H3. The number of aliphatic hydroxyl groups is 1. The molecule has 1 N–H and O–H groups in total. The molecular formula is C13H12BrClO3S. The molecule has 2 aromatic rings. The Morgan fingerprint density at radius 3 is 2.53 bits per heavy atom. The fourth-order valence-electron chi connectivity index (χ4n) is 1.70. The molecule has 0 spiro atoms. The molecular weight excluding hydrogens is 352 g/mol. The molecule has 0 fully saturated rings. The quantitative estimate of drug-likeness (QED) is 0.882. The third-order valence-corrected chi connectivity index (χ3v) is 5.20. The van der Waals surface area contributed by atoms with Crippen LogP contribution >= 0.6 is 38.9 Å². The molecule has 6 heteroatoms. The van der Waals surface area contributed by atoms with Crippen LogP contribution in [0.15, 0.2) is 28.1 Å². The molecule has 0 amide bonds. The van der Waals surface area contributed by atoms with E-state index in [4.69, 9.17) is 21.1 Å². The average molecular weight is 364 g/mol. The fourth-order valence-corrected chi connectivity index (χ4v) is 3.45. The maximum absolute atomic E-state index is 10.4. The molecule has 0 saturated heterocycles. The van der Waals surface area contributed by atoms with Crippen LogP contribution in [0.1, 0.15) is 16.5 Å². The average Bonchev–Trinajstić information content (AvgIpc) is 2.77. The van der Waals surface area contributed by atoms with Crippen LogP contribution in [0.3, 0.4) is 0 Å². The van der Waals surface area contributed by atoms with Crippen LogP contribution in [-0.4, -0.2) is 19.3 Å². The van der Waals surface area contributed by atoms with Crippen LogP contribution in [0.2, 0.25) is 5.02 Å². The van der Waals surface area contributed by atoms with Crippen molar-refractivity contribution in [1.82, 2.24) is 0 Å². The first-order valence-corrected chi connectivity index (χ1v) is 7.40. The number of benzene rings is 1. The van der Waals surface area contributed by atoms with Gasteiger partial charge in [0.05, 0.1) is 23.0 Å². The minimum atomic E-state index is -0.783. The van der Waals surface area contributed by atoms with Crippen LogP contribution in [0.4, 0.5) is 0 Å². The first-order valence-electron chi connectivity index (χ1n) is 5.41. The summed E-state index contributed by atoms with van der Waals surface area (Å²) in [6, 6.07) is 7.04. The number of methoxy groups -OCH3 is 2. The van der Waals surface area contributed by atoms with E-state index in [2.05, 4.69) is 15.9 Å². The van der Waals surface area contributed by atoms with Gasteiger partial charge in [-0.15, -0.1) is 11.3 Å². The molecule has 102 valence electrons. The Morgan fingerprint density at radius 2 is 2.00 bits per heavy atom. The van der Waals surface area contributed by atoms with Crippen LogP contribution in [0.5, 0.6) is 11.5 Å². The lowest BCUT2D eigenvalue weighted by atomic mass is 10.1. The highest BCUT2D eigenvalue weighted by atomic mass is 79.9. The number of hydrogen-bond acceptors (Lipinski definition) is 4. The van der Waals surface area contributed by atoms with Gasteiger partial charge in [-0.25, -0.2) is 0 Å². The Morgan fingerprint density at radius 1 is 1.26 bits per heavy atom. The van der Waals surface area contributed by atoms with Gasteiger partial charge >= 0.3 is 0 Å². The highest BCUT2D eigenvalue weighted by molar-refractivity contribution is 9.11. The lowest BCUT2D eigenvalue weighted by Crippen LogP contribution is -2.01. The second kappa shape index (κ2) is 6.13. The Kier molecular flexibility index (Phi) is 4.73. The molecule has 1 unspecified atom stereocenters. The van der Waals surface area contributed by atoms with Crippen LogP contribution in [0.25, 0.3) is 0 Å². The van der Waals surface area contributed by atoms with E-state index in [0.717, 1.165) is 8.66 Å². The second-order valence-electron chi connectivity index (χ2n) is 3.78. The smallest absolute Gasteiger partial charge is 0.128 e. The first-order chi connectivity index (χ1) is 9.06. The first kappa shape index (κ1) is 14.7. The molecule has 0 aliphatic carbocycles. The Balaban J connectivity index is 2.40. The molecule has 2 rings (SSSR count). The largest absolute Gasteiger partial charge is 0.497 e. The van der Waals surface area contributed by atoms with Crippen molar-refractivity contribution >= 4 is 38.9 Å². The summed E-state index contributed by atoms with van der Waals surface area (Å²) in [4.78, 5) is 0.750. The molecule has 0 radical (unpaired) electrons. The highest BCUT2D eigenvalue weighted by Gasteiger charge is 2.19. The monoisotopic (exact) mass is 362 g/mol. The van der Waals surface area contributed by atoms with E-state index in [9.17, 15) is 5.11 Å². The summed E-state index contributed by atoms with van der Waals surface area (Å²) in [7, 11) is 3.14. The number of ether oxygens (including phenoxy) is 2. The maximum atomic E-state index is 10.4. The van der Waals surface area contributed by atoms with Gasteiger partial charge in [-0.3, -0.25) is 0 Å². The summed E-state index contributed by atoms with van der Waals surface area (Å²) in [6.07, 6.45) is -0.783. The normalized spacial score (nSPS) is 12.3. The minimum absolute atomic E-state index is 0.576. The summed E-state index contributed by atoms with van der Waals surface area (Å²) in [5.74, 6) is 1.26. The minimum Gasteiger partial charge on any atom is -0.497 e. The van der Waals surface area contributed by atoms with Gasteiger partial charge in [-0.2, -0.15) is 0 Å². The maximum Gasteiger partial charge on any atom is 0.128 e. The van der Waals surface area contributed by atoms with Crippen molar-refractivity contribution in [3.8, 4) is 11.5 Å². The third kappa shape index (κ3) is 3.05. The molecule has 19 heavy (non-hydrogen) atoms. The number of aliphatic hydroxyl groups excluding tert-OH is 1. The summed E-state index contributed by atoms with van der Waals surface area (Å²) in [6.45, 7) is 0. The highest BCUT2D eigenvalue weighted by Crippen LogP contribution is 2.40. The summed E-state index contributed by atoms with van der Waals surface area (Å²) >= 11 is 10.7. The van der Waals surface area contributed by atoms with Crippen LogP contribution in [0, 0.1) is 0 Å². The zero-order chi connectivity index (χ0) is 14.0. The fraction of sp³-hybridized carbons (Fsp3) is 0.231. The van der Waals surface area contributed by atoms with Crippen molar-refractivity contribution in [2.24, 2.45) is 0 Å². The van der Waals surface area contributed by atoms with E-state index < -0.39 is 6.10 Å². The molecule has 0 aliphatic rings. The van der Waals surface area contributed by atoms with Gasteiger partial charge in [0.15, 0.2) is 0 Å². The lowest BCUT2D eigenvalue weighted by Gasteiger charge is -2.14. The SMILES string of the molecule is COc1ccc(C(O)c2cc(Cl)c(Br)s2)c(OC)c1. The van der Waals surface area contributed by atoms with Gasteiger partial charge in [-0.05, 0) is 34.1 Å². The third-order valence-electron chi connectivity index (χ3n) is 2.67. The van der Waals surface area contributed by atoms with Gasteiger partial charge in [0, 0.05) is 16.5 Å². The van der Waals surface area contributed by atoms with Crippen molar-refractivity contribution in [1.29, 1.82) is 0 Å². The van der Waals surface area contributed by atoms with Gasteiger partial charge in [0.25, 0.3) is 0 Å². The van der Waals surface area contributed by atoms with Crippen molar-refractivity contribution in [3.05, 3.63) is 43.5 Å². The zero-order valence-electron chi connectivity index (χ0n) is 10.3. The van der Waals surface area contributed by atoms with Crippen molar-refractivity contribution in [2.45, 2.75) is 6.10 Å². The van der Waals surface area contributed by atoms with E-state index in [1.165, 1.54) is 11.3 Å². The molecule has 0 aliphatic heterocycles. The lowest BCUT2D eigenvalue weighted by molar-refractivity contribution is 0.218. The molecule has 0 bridgehead atoms. The Hall–Kier alpha value is -0.750. The van der Waals surface area contributed by atoms with E-state index >= 15 is 0 Å². The van der Waals surface area contributed by atoms with Gasteiger partial charge in [0.1, 0.15) is 17.6 Å². The second-order valence-corrected chi connectivity index (χ2v) is 6.59. The van der Waals surface area contributed by atoms with Gasteiger partial charge < -0.3 is 14.6 Å². The van der Waals surface area contributed by atoms with E-state index in [1.807, 2.05) is 0 Å². The van der Waals surface area contributed by atoms with Crippen molar-refractivity contribution in [2.75, 3.05) is 14.2 Å². The van der Waals surface area contributed by atoms with Gasteiger partial charge in [-0.1, -0.05) is 11.6 Å². The van der Waals surface area contributed by atoms with Crippen LogP contribution < -0.4 is 9.47 Å². The molecule has 0 saturated carbocycles.